The van der Waals surface area contributed by atoms with E-state index < -0.39 is 0 Å². The van der Waals surface area contributed by atoms with Crippen LogP contribution in [0.2, 0.25) is 0 Å². The van der Waals surface area contributed by atoms with Gasteiger partial charge < -0.3 is 20.1 Å². The highest BCUT2D eigenvalue weighted by Gasteiger charge is 2.33. The molecule has 0 amide bonds. The van der Waals surface area contributed by atoms with Gasteiger partial charge in [-0.2, -0.15) is 0 Å². The van der Waals surface area contributed by atoms with Crippen LogP contribution in [-0.2, 0) is 11.3 Å². The Morgan fingerprint density at radius 3 is 2.59 bits per heavy atom. The van der Waals surface area contributed by atoms with Crippen LogP contribution < -0.4 is 15.4 Å². The van der Waals surface area contributed by atoms with Crippen LogP contribution in [0.3, 0.4) is 0 Å². The van der Waals surface area contributed by atoms with Crippen LogP contribution in [0.4, 0.5) is 0 Å². The van der Waals surface area contributed by atoms with Gasteiger partial charge in [0.15, 0.2) is 5.96 Å². The SMILES string of the molecule is CCNC(=NCc1ccc(C)cc1Oc1ccccc1)NCC1(C)COC1. The number of aryl methyl sites for hydroxylation is 1. The van der Waals surface area contributed by atoms with E-state index in [2.05, 4.69) is 49.6 Å². The van der Waals surface area contributed by atoms with Gasteiger partial charge in [-0.1, -0.05) is 37.3 Å². The standard InChI is InChI=1S/C22H29N3O2/c1-4-23-21(25-14-22(3)15-26-16-22)24-13-18-11-10-17(2)12-20(18)27-19-8-6-5-7-9-19/h5-12H,4,13-16H2,1-3H3,(H2,23,24,25). The molecule has 27 heavy (non-hydrogen) atoms. The Balaban J connectivity index is 1.71. The van der Waals surface area contributed by atoms with E-state index in [9.17, 15) is 0 Å². The van der Waals surface area contributed by atoms with Gasteiger partial charge >= 0.3 is 0 Å². The quantitative estimate of drug-likeness (QED) is 0.576. The third kappa shape index (κ3) is 5.47. The molecule has 0 spiro atoms. The number of para-hydroxylation sites is 1. The van der Waals surface area contributed by atoms with Crippen molar-refractivity contribution in [3.05, 3.63) is 59.7 Å². The van der Waals surface area contributed by atoms with Crippen LogP contribution in [0.5, 0.6) is 11.5 Å². The Kier molecular flexibility index (Phi) is 6.35. The third-order valence-electron chi connectivity index (χ3n) is 4.53. The molecule has 3 rings (SSSR count). The lowest BCUT2D eigenvalue weighted by Crippen LogP contribution is -2.51. The topological polar surface area (TPSA) is 54.9 Å². The zero-order chi connectivity index (χ0) is 19.1. The number of nitrogens with one attached hydrogen (secondary N) is 2. The minimum atomic E-state index is 0.196. The molecule has 0 aromatic heterocycles. The molecule has 1 saturated heterocycles. The molecule has 0 atom stereocenters. The van der Waals surface area contributed by atoms with Crippen LogP contribution >= 0.6 is 0 Å². The molecule has 2 N–H and O–H groups in total. The first kappa shape index (κ1) is 19.2. The number of rotatable bonds is 7. The molecule has 1 heterocycles. The summed E-state index contributed by atoms with van der Waals surface area (Å²) in [7, 11) is 0. The first-order valence-electron chi connectivity index (χ1n) is 9.50. The molecular formula is C22H29N3O2. The summed E-state index contributed by atoms with van der Waals surface area (Å²) in [4.78, 5) is 4.75. The number of hydrogen-bond donors (Lipinski definition) is 2. The van der Waals surface area contributed by atoms with Gasteiger partial charge in [0, 0.05) is 24.1 Å². The zero-order valence-electron chi connectivity index (χ0n) is 16.4. The first-order valence-corrected chi connectivity index (χ1v) is 9.50. The molecule has 0 aliphatic carbocycles. The average Bonchev–Trinajstić information content (AvgIpc) is 2.64. The summed E-state index contributed by atoms with van der Waals surface area (Å²) in [5, 5.41) is 6.74. The molecule has 5 heteroatoms. The van der Waals surface area contributed by atoms with Crippen LogP contribution in [-0.4, -0.2) is 32.3 Å². The van der Waals surface area contributed by atoms with E-state index in [-0.39, 0.29) is 5.41 Å². The monoisotopic (exact) mass is 367 g/mol. The molecule has 2 aromatic carbocycles. The summed E-state index contributed by atoms with van der Waals surface area (Å²) in [6.07, 6.45) is 0. The van der Waals surface area contributed by atoms with Gasteiger partial charge in [0.2, 0.25) is 0 Å². The molecule has 1 fully saturated rings. The lowest BCUT2D eigenvalue weighted by atomic mass is 9.89. The summed E-state index contributed by atoms with van der Waals surface area (Å²) in [6, 6.07) is 16.1. The highest BCUT2D eigenvalue weighted by atomic mass is 16.5. The van der Waals surface area contributed by atoms with E-state index in [4.69, 9.17) is 14.5 Å². The summed E-state index contributed by atoms with van der Waals surface area (Å²) >= 11 is 0. The predicted octanol–water partition coefficient (Wildman–Crippen LogP) is 3.88. The lowest BCUT2D eigenvalue weighted by Gasteiger charge is -2.38. The maximum atomic E-state index is 6.10. The minimum absolute atomic E-state index is 0.196. The number of hydrogen-bond acceptors (Lipinski definition) is 3. The zero-order valence-corrected chi connectivity index (χ0v) is 16.4. The Bertz CT molecular complexity index is 770. The fraction of sp³-hybridized carbons (Fsp3) is 0.409. The molecular weight excluding hydrogens is 338 g/mol. The van der Waals surface area contributed by atoms with Crippen LogP contribution in [0.1, 0.15) is 25.0 Å². The Hall–Kier alpha value is -2.53. The number of ether oxygens (including phenoxy) is 2. The number of guanidine groups is 1. The van der Waals surface area contributed by atoms with Gasteiger partial charge in [0.05, 0.1) is 19.8 Å². The maximum Gasteiger partial charge on any atom is 0.191 e. The van der Waals surface area contributed by atoms with Crippen molar-refractivity contribution in [2.45, 2.75) is 27.3 Å². The van der Waals surface area contributed by atoms with E-state index in [1.54, 1.807) is 0 Å². The lowest BCUT2D eigenvalue weighted by molar-refractivity contribution is -0.0971. The Labute approximate surface area is 161 Å². The van der Waals surface area contributed by atoms with E-state index in [0.29, 0.717) is 6.54 Å². The normalized spacial score (nSPS) is 15.7. The van der Waals surface area contributed by atoms with Gasteiger partial charge in [-0.25, -0.2) is 4.99 Å². The van der Waals surface area contributed by atoms with Gasteiger partial charge in [-0.15, -0.1) is 0 Å². The third-order valence-corrected chi connectivity index (χ3v) is 4.53. The average molecular weight is 367 g/mol. The van der Waals surface area contributed by atoms with Crippen LogP contribution in [0.25, 0.3) is 0 Å². The minimum Gasteiger partial charge on any atom is -0.457 e. The molecule has 0 unspecified atom stereocenters. The van der Waals surface area contributed by atoms with Crippen molar-refractivity contribution in [3.8, 4) is 11.5 Å². The highest BCUT2D eigenvalue weighted by molar-refractivity contribution is 5.79. The van der Waals surface area contributed by atoms with Crippen LogP contribution in [0, 0.1) is 12.3 Å². The van der Waals surface area contributed by atoms with Crippen molar-refractivity contribution >= 4 is 5.96 Å². The van der Waals surface area contributed by atoms with E-state index >= 15 is 0 Å². The molecule has 2 aromatic rings. The van der Waals surface area contributed by atoms with Crippen LogP contribution in [0.15, 0.2) is 53.5 Å². The molecule has 144 valence electrons. The summed E-state index contributed by atoms with van der Waals surface area (Å²) in [6.45, 7) is 10.2. The molecule has 1 aliphatic heterocycles. The van der Waals surface area contributed by atoms with Gasteiger partial charge in [0.25, 0.3) is 0 Å². The van der Waals surface area contributed by atoms with Crippen molar-refractivity contribution in [1.29, 1.82) is 0 Å². The molecule has 0 radical (unpaired) electrons. The van der Waals surface area contributed by atoms with Crippen molar-refractivity contribution in [1.82, 2.24) is 10.6 Å². The van der Waals surface area contributed by atoms with Crippen molar-refractivity contribution in [2.75, 3.05) is 26.3 Å². The fourth-order valence-electron chi connectivity index (χ4n) is 2.86. The van der Waals surface area contributed by atoms with E-state index in [1.165, 1.54) is 0 Å². The van der Waals surface area contributed by atoms with E-state index in [0.717, 1.165) is 54.9 Å². The van der Waals surface area contributed by atoms with Crippen molar-refractivity contribution < 1.29 is 9.47 Å². The molecule has 0 saturated carbocycles. The van der Waals surface area contributed by atoms with Gasteiger partial charge in [-0.3, -0.25) is 0 Å². The summed E-state index contributed by atoms with van der Waals surface area (Å²) in [5.74, 6) is 2.49. The van der Waals surface area contributed by atoms with Crippen molar-refractivity contribution in [3.63, 3.8) is 0 Å². The summed E-state index contributed by atoms with van der Waals surface area (Å²) in [5.41, 5.74) is 2.41. The van der Waals surface area contributed by atoms with Gasteiger partial charge in [0.1, 0.15) is 11.5 Å². The second-order valence-electron chi connectivity index (χ2n) is 7.38. The largest absolute Gasteiger partial charge is 0.457 e. The molecule has 5 nitrogen and oxygen atoms in total. The second kappa shape index (κ2) is 8.91. The number of nitrogens with zero attached hydrogens (tertiary/aromatic N) is 1. The molecule has 0 bridgehead atoms. The molecule has 1 aliphatic rings. The number of benzene rings is 2. The fourth-order valence-corrected chi connectivity index (χ4v) is 2.86. The predicted molar refractivity (Wildman–Crippen MR) is 109 cm³/mol. The Morgan fingerprint density at radius 1 is 1.15 bits per heavy atom. The second-order valence-corrected chi connectivity index (χ2v) is 7.38. The summed E-state index contributed by atoms with van der Waals surface area (Å²) < 4.78 is 11.4. The first-order chi connectivity index (χ1) is 13.1. The Morgan fingerprint density at radius 2 is 1.93 bits per heavy atom. The number of aliphatic imine (C=N–C) groups is 1. The highest BCUT2D eigenvalue weighted by Crippen LogP contribution is 2.27. The smallest absolute Gasteiger partial charge is 0.191 e. The van der Waals surface area contributed by atoms with Crippen molar-refractivity contribution in [2.24, 2.45) is 10.4 Å². The maximum absolute atomic E-state index is 6.10. The van der Waals surface area contributed by atoms with E-state index in [1.807, 2.05) is 30.3 Å². The van der Waals surface area contributed by atoms with Gasteiger partial charge in [-0.05, 0) is 37.6 Å².